The smallest absolute Gasteiger partial charge is 0.184 e. The minimum Gasteiger partial charge on any atom is -0.206 e. The topological polar surface area (TPSA) is 3.88 Å². The number of benzene rings is 2. The van der Waals surface area contributed by atoms with E-state index >= 15 is 0 Å². The van der Waals surface area contributed by atoms with Crippen LogP contribution in [0, 0.1) is 11.8 Å². The van der Waals surface area contributed by atoms with E-state index in [1.165, 1.54) is 10.8 Å². The van der Waals surface area contributed by atoms with Crippen LogP contribution >= 0.6 is 0 Å². The second kappa shape index (κ2) is 4.96. The maximum absolute atomic E-state index is 3.27. The number of rotatable bonds is 0. The van der Waals surface area contributed by atoms with E-state index in [1.54, 1.807) is 0 Å². The molecule has 0 N–H and O–H groups in total. The van der Waals surface area contributed by atoms with E-state index in [1.807, 2.05) is 37.4 Å². The maximum atomic E-state index is 3.27. The summed E-state index contributed by atoms with van der Waals surface area (Å²) in [7, 11) is 2.03. The fraction of sp³-hybridized carbons (Fsp3) is 0.0556. The molecule has 3 aromatic rings. The molecule has 0 saturated carbocycles. The molecule has 0 fully saturated rings. The normalized spacial score (nSPS) is 9.95. The molecule has 19 heavy (non-hydrogen) atoms. The first-order chi connectivity index (χ1) is 9.33. The van der Waals surface area contributed by atoms with Gasteiger partial charge in [-0.15, -0.1) is 0 Å². The van der Waals surface area contributed by atoms with Crippen LogP contribution in [0.1, 0.15) is 11.1 Å². The second-order valence-corrected chi connectivity index (χ2v) is 4.54. The third-order valence-electron chi connectivity index (χ3n) is 3.04. The number of fused-ring (bicyclic) bond motifs is 1. The molecular formula is C18H14N+. The lowest BCUT2D eigenvalue weighted by Gasteiger charge is -1.98. The van der Waals surface area contributed by atoms with Gasteiger partial charge in [0.2, 0.25) is 0 Å². The SMILES string of the molecule is C[n+]1cc(C#Cc2ccccc2)c2ccccc2c1. The summed E-state index contributed by atoms with van der Waals surface area (Å²) >= 11 is 0. The molecule has 0 aliphatic heterocycles. The summed E-state index contributed by atoms with van der Waals surface area (Å²) < 4.78 is 2.05. The van der Waals surface area contributed by atoms with Gasteiger partial charge in [-0.3, -0.25) is 0 Å². The Labute approximate surface area is 113 Å². The highest BCUT2D eigenvalue weighted by atomic mass is 14.9. The van der Waals surface area contributed by atoms with E-state index in [4.69, 9.17) is 0 Å². The molecule has 0 aliphatic rings. The third kappa shape index (κ3) is 2.48. The zero-order valence-corrected chi connectivity index (χ0v) is 10.8. The van der Waals surface area contributed by atoms with Crippen LogP contribution in [0.2, 0.25) is 0 Å². The highest BCUT2D eigenvalue weighted by Gasteiger charge is 2.04. The van der Waals surface area contributed by atoms with Gasteiger partial charge in [0.1, 0.15) is 7.05 Å². The van der Waals surface area contributed by atoms with Crippen molar-refractivity contribution >= 4 is 10.8 Å². The van der Waals surface area contributed by atoms with Crippen molar-refractivity contribution in [1.29, 1.82) is 0 Å². The summed E-state index contributed by atoms with van der Waals surface area (Å²) in [5, 5.41) is 2.41. The minimum absolute atomic E-state index is 1.04. The van der Waals surface area contributed by atoms with Crippen LogP contribution in [0.3, 0.4) is 0 Å². The van der Waals surface area contributed by atoms with Gasteiger partial charge in [-0.2, -0.15) is 0 Å². The number of hydrogen-bond donors (Lipinski definition) is 0. The van der Waals surface area contributed by atoms with Crippen molar-refractivity contribution in [3.8, 4) is 11.8 Å². The second-order valence-electron chi connectivity index (χ2n) is 4.54. The molecule has 0 atom stereocenters. The number of hydrogen-bond acceptors (Lipinski definition) is 0. The Morgan fingerprint density at radius 3 is 2.37 bits per heavy atom. The number of aryl methyl sites for hydroxylation is 1. The summed E-state index contributed by atoms with van der Waals surface area (Å²) in [4.78, 5) is 0. The van der Waals surface area contributed by atoms with E-state index in [9.17, 15) is 0 Å². The lowest BCUT2D eigenvalue weighted by atomic mass is 10.1. The van der Waals surface area contributed by atoms with Crippen LogP contribution in [0.25, 0.3) is 10.8 Å². The van der Waals surface area contributed by atoms with E-state index in [0.29, 0.717) is 0 Å². The van der Waals surface area contributed by atoms with Crippen molar-refractivity contribution in [2.24, 2.45) is 7.05 Å². The Kier molecular flexibility index (Phi) is 3.00. The van der Waals surface area contributed by atoms with E-state index in [2.05, 4.69) is 53.1 Å². The largest absolute Gasteiger partial charge is 0.206 e. The zero-order valence-electron chi connectivity index (χ0n) is 10.8. The molecule has 0 bridgehead atoms. The lowest BCUT2D eigenvalue weighted by molar-refractivity contribution is -0.670. The lowest BCUT2D eigenvalue weighted by Crippen LogP contribution is -2.27. The van der Waals surface area contributed by atoms with Crippen LogP contribution in [0.15, 0.2) is 67.0 Å². The van der Waals surface area contributed by atoms with Gasteiger partial charge >= 0.3 is 0 Å². The average molecular weight is 244 g/mol. The third-order valence-corrected chi connectivity index (χ3v) is 3.04. The molecule has 0 saturated heterocycles. The van der Waals surface area contributed by atoms with Crippen molar-refractivity contribution in [2.45, 2.75) is 0 Å². The summed E-state index contributed by atoms with van der Waals surface area (Å²) in [6.07, 6.45) is 4.18. The molecule has 0 spiro atoms. The van der Waals surface area contributed by atoms with Gasteiger partial charge in [-0.25, -0.2) is 4.57 Å². The van der Waals surface area contributed by atoms with Crippen LogP contribution in [0.5, 0.6) is 0 Å². The Morgan fingerprint density at radius 1 is 0.789 bits per heavy atom. The minimum atomic E-state index is 1.04. The van der Waals surface area contributed by atoms with Crippen molar-refractivity contribution in [2.75, 3.05) is 0 Å². The van der Waals surface area contributed by atoms with Gasteiger partial charge < -0.3 is 0 Å². The van der Waals surface area contributed by atoms with Gasteiger partial charge in [0.25, 0.3) is 0 Å². The van der Waals surface area contributed by atoms with Gasteiger partial charge in [0.05, 0.1) is 5.56 Å². The molecule has 1 heterocycles. The highest BCUT2D eigenvalue weighted by molar-refractivity contribution is 5.86. The molecule has 0 amide bonds. The zero-order chi connectivity index (χ0) is 13.1. The number of nitrogens with zero attached hydrogens (tertiary/aromatic N) is 1. The first kappa shape index (κ1) is 11.5. The molecule has 0 aliphatic carbocycles. The first-order valence-electron chi connectivity index (χ1n) is 6.28. The van der Waals surface area contributed by atoms with Crippen LogP contribution in [-0.4, -0.2) is 0 Å². The van der Waals surface area contributed by atoms with Gasteiger partial charge in [-0.1, -0.05) is 48.2 Å². The van der Waals surface area contributed by atoms with Gasteiger partial charge in [-0.05, 0) is 18.2 Å². The predicted molar refractivity (Wildman–Crippen MR) is 77.5 cm³/mol. The molecular weight excluding hydrogens is 230 g/mol. The quantitative estimate of drug-likeness (QED) is 0.423. The molecule has 1 aromatic heterocycles. The molecule has 1 nitrogen and oxygen atoms in total. The number of pyridine rings is 1. The van der Waals surface area contributed by atoms with Crippen molar-refractivity contribution in [3.05, 3.63) is 78.1 Å². The summed E-state index contributed by atoms with van der Waals surface area (Å²) in [6.45, 7) is 0. The van der Waals surface area contributed by atoms with E-state index in [-0.39, 0.29) is 0 Å². The van der Waals surface area contributed by atoms with Crippen molar-refractivity contribution < 1.29 is 4.57 Å². The number of aromatic nitrogens is 1. The van der Waals surface area contributed by atoms with Crippen LogP contribution < -0.4 is 4.57 Å². The van der Waals surface area contributed by atoms with Crippen molar-refractivity contribution in [3.63, 3.8) is 0 Å². The predicted octanol–water partition coefficient (Wildman–Crippen LogP) is 3.06. The van der Waals surface area contributed by atoms with Gasteiger partial charge in [0, 0.05) is 16.3 Å². The highest BCUT2D eigenvalue weighted by Crippen LogP contribution is 2.15. The Morgan fingerprint density at radius 2 is 1.53 bits per heavy atom. The molecule has 2 aromatic carbocycles. The Bertz CT molecular complexity index is 777. The monoisotopic (exact) mass is 244 g/mol. The Balaban J connectivity index is 2.13. The molecule has 1 heteroatoms. The average Bonchev–Trinajstić information content (AvgIpc) is 2.45. The van der Waals surface area contributed by atoms with Gasteiger partial charge in [0.15, 0.2) is 12.4 Å². The van der Waals surface area contributed by atoms with Crippen molar-refractivity contribution in [1.82, 2.24) is 0 Å². The molecule has 0 radical (unpaired) electrons. The standard InChI is InChI=1S/C18H14N/c1-19-13-16-9-5-6-10-18(16)17(14-19)12-11-15-7-3-2-4-8-15/h2-10,13-14H,1H3/q+1. The summed E-state index contributed by atoms with van der Waals surface area (Å²) in [6, 6.07) is 18.4. The Hall–Kier alpha value is -2.59. The summed E-state index contributed by atoms with van der Waals surface area (Å²) in [5.74, 6) is 6.49. The van der Waals surface area contributed by atoms with E-state index in [0.717, 1.165) is 11.1 Å². The maximum Gasteiger partial charge on any atom is 0.184 e. The van der Waals surface area contributed by atoms with Crippen LogP contribution in [0.4, 0.5) is 0 Å². The fourth-order valence-electron chi connectivity index (χ4n) is 2.15. The first-order valence-corrected chi connectivity index (χ1v) is 6.28. The molecule has 3 rings (SSSR count). The molecule has 0 unspecified atom stereocenters. The van der Waals surface area contributed by atoms with Crippen LogP contribution in [-0.2, 0) is 7.05 Å². The summed E-state index contributed by atoms with van der Waals surface area (Å²) in [5.41, 5.74) is 2.10. The van der Waals surface area contributed by atoms with E-state index < -0.39 is 0 Å². The fourth-order valence-corrected chi connectivity index (χ4v) is 2.15. The molecule has 90 valence electrons.